The highest BCUT2D eigenvalue weighted by Gasteiger charge is 2.42. The monoisotopic (exact) mass is 291 g/mol. The Morgan fingerprint density at radius 3 is 2.00 bits per heavy atom. The topological polar surface area (TPSA) is 80.4 Å². The second-order valence-corrected chi connectivity index (χ2v) is 7.10. The summed E-state index contributed by atoms with van der Waals surface area (Å²) in [6.07, 6.45) is 0.403. The first kappa shape index (κ1) is 17.2. The largest absolute Gasteiger partial charge is 0.481 e. The van der Waals surface area contributed by atoms with Gasteiger partial charge in [0.05, 0.1) is 5.92 Å². The molecule has 0 heterocycles. The van der Waals surface area contributed by atoms with Gasteiger partial charge in [0, 0.05) is 5.41 Å². The maximum absolute atomic E-state index is 11.8. The summed E-state index contributed by atoms with van der Waals surface area (Å²) in [5, 5.41) is 9.65. The molecule has 1 aromatic rings. The van der Waals surface area contributed by atoms with Crippen LogP contribution in [-0.2, 0) is 9.59 Å². The molecule has 0 fully saturated rings. The number of aryl methyl sites for hydroxylation is 1. The molecular weight excluding hydrogens is 266 g/mol. The molecule has 0 spiro atoms. The molecule has 0 bridgehead atoms. The summed E-state index contributed by atoms with van der Waals surface area (Å²) in [4.78, 5) is 23.3. The van der Waals surface area contributed by atoms with E-state index in [1.54, 1.807) is 13.8 Å². The summed E-state index contributed by atoms with van der Waals surface area (Å²) in [6, 6.07) is 7.49. The van der Waals surface area contributed by atoms with Gasteiger partial charge in [-0.05, 0) is 24.3 Å². The van der Waals surface area contributed by atoms with Crippen molar-refractivity contribution in [2.45, 2.75) is 47.0 Å². The lowest BCUT2D eigenvalue weighted by Gasteiger charge is -2.37. The van der Waals surface area contributed by atoms with E-state index in [4.69, 9.17) is 5.73 Å². The summed E-state index contributed by atoms with van der Waals surface area (Å²) < 4.78 is 0. The van der Waals surface area contributed by atoms with Crippen molar-refractivity contribution in [1.29, 1.82) is 0 Å². The van der Waals surface area contributed by atoms with Gasteiger partial charge in [-0.3, -0.25) is 9.59 Å². The van der Waals surface area contributed by atoms with Gasteiger partial charge in [-0.25, -0.2) is 0 Å². The van der Waals surface area contributed by atoms with Crippen LogP contribution < -0.4 is 5.73 Å². The first-order chi connectivity index (χ1) is 9.47. The van der Waals surface area contributed by atoms with E-state index >= 15 is 0 Å². The number of carbonyl (C=O) groups is 2. The fourth-order valence-corrected chi connectivity index (χ4v) is 3.02. The molecule has 1 atom stereocenters. The van der Waals surface area contributed by atoms with Crippen LogP contribution in [0.1, 0.15) is 51.2 Å². The fraction of sp³-hybridized carbons (Fsp3) is 0.529. The molecule has 0 saturated carbocycles. The van der Waals surface area contributed by atoms with E-state index in [0.717, 1.165) is 11.1 Å². The molecule has 0 aliphatic rings. The predicted octanol–water partition coefficient (Wildman–Crippen LogP) is 3.09. The number of nitrogens with two attached hydrogens (primary N) is 1. The third-order valence-electron chi connectivity index (χ3n) is 4.00. The lowest BCUT2D eigenvalue weighted by Crippen LogP contribution is -2.39. The Labute approximate surface area is 126 Å². The number of hydrogen-bond acceptors (Lipinski definition) is 2. The van der Waals surface area contributed by atoms with Crippen molar-refractivity contribution in [3.63, 3.8) is 0 Å². The van der Waals surface area contributed by atoms with Crippen LogP contribution in [0.5, 0.6) is 0 Å². The minimum absolute atomic E-state index is 0.403. The standard InChI is InChI=1S/C17H25NO3/c1-11-6-8-12(9-7-11)13(14(19)20)16(2,3)10-17(4,5)15(18)21/h6-9,13H,10H2,1-5H3,(H2,18,21)(H,19,20)/t13-/m1/s1. The summed E-state index contributed by atoms with van der Waals surface area (Å²) in [6.45, 7) is 9.21. The molecule has 4 heteroatoms. The van der Waals surface area contributed by atoms with Gasteiger partial charge in [-0.1, -0.05) is 57.5 Å². The van der Waals surface area contributed by atoms with E-state index in [1.165, 1.54) is 0 Å². The number of amides is 1. The third-order valence-corrected chi connectivity index (χ3v) is 4.00. The van der Waals surface area contributed by atoms with Crippen molar-refractivity contribution in [2.24, 2.45) is 16.6 Å². The average molecular weight is 291 g/mol. The van der Waals surface area contributed by atoms with Crippen LogP contribution in [0.2, 0.25) is 0 Å². The Kier molecular flexibility index (Phi) is 4.82. The highest BCUT2D eigenvalue weighted by Crippen LogP contribution is 2.44. The maximum Gasteiger partial charge on any atom is 0.311 e. The lowest BCUT2D eigenvalue weighted by molar-refractivity contribution is -0.143. The number of carbonyl (C=O) groups excluding carboxylic acids is 1. The normalized spacial score (nSPS) is 13.8. The minimum Gasteiger partial charge on any atom is -0.481 e. The zero-order valence-corrected chi connectivity index (χ0v) is 13.4. The van der Waals surface area contributed by atoms with Gasteiger partial charge in [-0.2, -0.15) is 0 Å². The molecule has 0 saturated heterocycles. The van der Waals surface area contributed by atoms with Gasteiger partial charge < -0.3 is 10.8 Å². The van der Waals surface area contributed by atoms with Crippen molar-refractivity contribution < 1.29 is 14.7 Å². The van der Waals surface area contributed by atoms with Gasteiger partial charge in [0.25, 0.3) is 0 Å². The number of carboxylic acid groups (broad SMARTS) is 1. The SMILES string of the molecule is Cc1ccc([C@H](C(=O)O)C(C)(C)CC(C)(C)C(N)=O)cc1. The Morgan fingerprint density at radius 2 is 1.62 bits per heavy atom. The Morgan fingerprint density at radius 1 is 1.14 bits per heavy atom. The third kappa shape index (κ3) is 4.06. The molecular formula is C17H25NO3. The second-order valence-electron chi connectivity index (χ2n) is 7.10. The molecule has 1 rings (SSSR count). The first-order valence-corrected chi connectivity index (χ1v) is 7.07. The number of carboxylic acids is 1. The van der Waals surface area contributed by atoms with Crippen molar-refractivity contribution in [1.82, 2.24) is 0 Å². The van der Waals surface area contributed by atoms with Crippen LogP contribution in [0, 0.1) is 17.8 Å². The quantitative estimate of drug-likeness (QED) is 0.845. The highest BCUT2D eigenvalue weighted by atomic mass is 16.4. The van der Waals surface area contributed by atoms with Crippen LogP contribution in [0.4, 0.5) is 0 Å². The van der Waals surface area contributed by atoms with E-state index in [0.29, 0.717) is 6.42 Å². The van der Waals surface area contributed by atoms with Gasteiger partial charge >= 0.3 is 5.97 Å². The molecule has 0 radical (unpaired) electrons. The van der Waals surface area contributed by atoms with Crippen LogP contribution in [0.15, 0.2) is 24.3 Å². The van der Waals surface area contributed by atoms with E-state index in [9.17, 15) is 14.7 Å². The van der Waals surface area contributed by atoms with E-state index in [1.807, 2.05) is 45.0 Å². The zero-order valence-electron chi connectivity index (χ0n) is 13.4. The summed E-state index contributed by atoms with van der Waals surface area (Å²) in [5.41, 5.74) is 5.91. The van der Waals surface area contributed by atoms with Crippen molar-refractivity contribution >= 4 is 11.9 Å². The number of aliphatic carboxylic acids is 1. The molecule has 1 aromatic carbocycles. The zero-order chi connectivity index (χ0) is 16.4. The molecule has 0 aliphatic heterocycles. The average Bonchev–Trinajstić information content (AvgIpc) is 2.29. The van der Waals surface area contributed by atoms with Gasteiger partial charge in [0.15, 0.2) is 0 Å². The smallest absolute Gasteiger partial charge is 0.311 e. The van der Waals surface area contributed by atoms with E-state index in [2.05, 4.69) is 0 Å². The van der Waals surface area contributed by atoms with Crippen LogP contribution in [0.3, 0.4) is 0 Å². The fourth-order valence-electron chi connectivity index (χ4n) is 3.02. The van der Waals surface area contributed by atoms with Crippen LogP contribution in [-0.4, -0.2) is 17.0 Å². The van der Waals surface area contributed by atoms with Crippen molar-refractivity contribution in [2.75, 3.05) is 0 Å². The number of rotatable bonds is 6. The molecule has 116 valence electrons. The predicted molar refractivity (Wildman–Crippen MR) is 82.9 cm³/mol. The Bertz CT molecular complexity index is 529. The molecule has 0 aliphatic carbocycles. The second kappa shape index (κ2) is 5.88. The summed E-state index contributed by atoms with van der Waals surface area (Å²) in [5.74, 6) is -1.98. The Hall–Kier alpha value is -1.84. The lowest BCUT2D eigenvalue weighted by atomic mass is 9.66. The summed E-state index contributed by atoms with van der Waals surface area (Å²) in [7, 11) is 0. The number of hydrogen-bond donors (Lipinski definition) is 2. The molecule has 3 N–H and O–H groups in total. The van der Waals surface area contributed by atoms with Gasteiger partial charge in [-0.15, -0.1) is 0 Å². The minimum atomic E-state index is -0.885. The molecule has 1 amide bonds. The van der Waals surface area contributed by atoms with E-state index in [-0.39, 0.29) is 0 Å². The highest BCUT2D eigenvalue weighted by molar-refractivity contribution is 5.81. The van der Waals surface area contributed by atoms with Gasteiger partial charge in [0.2, 0.25) is 5.91 Å². The maximum atomic E-state index is 11.8. The first-order valence-electron chi connectivity index (χ1n) is 7.07. The van der Waals surface area contributed by atoms with E-state index < -0.39 is 28.6 Å². The van der Waals surface area contributed by atoms with Crippen LogP contribution >= 0.6 is 0 Å². The number of primary amides is 1. The van der Waals surface area contributed by atoms with Crippen LogP contribution in [0.25, 0.3) is 0 Å². The number of benzene rings is 1. The molecule has 0 aromatic heterocycles. The molecule has 4 nitrogen and oxygen atoms in total. The Balaban J connectivity index is 3.18. The molecule has 21 heavy (non-hydrogen) atoms. The van der Waals surface area contributed by atoms with Crippen molar-refractivity contribution in [3.8, 4) is 0 Å². The van der Waals surface area contributed by atoms with Gasteiger partial charge in [0.1, 0.15) is 0 Å². The summed E-state index contributed by atoms with van der Waals surface area (Å²) >= 11 is 0. The van der Waals surface area contributed by atoms with Crippen molar-refractivity contribution in [3.05, 3.63) is 35.4 Å². The molecule has 0 unspecified atom stereocenters.